The Morgan fingerprint density at radius 1 is 0.812 bits per heavy atom. The summed E-state index contributed by atoms with van der Waals surface area (Å²) in [4.78, 5) is 24.4. The molecular formula is C26H23N3O3. The summed E-state index contributed by atoms with van der Waals surface area (Å²) in [6.45, 7) is 0.426. The fourth-order valence-corrected chi connectivity index (χ4v) is 3.32. The van der Waals surface area contributed by atoms with Crippen molar-refractivity contribution >= 4 is 5.91 Å². The molecular weight excluding hydrogens is 402 g/mol. The van der Waals surface area contributed by atoms with Crippen molar-refractivity contribution < 1.29 is 9.53 Å². The smallest absolute Gasteiger partial charge is 0.266 e. The number of nitrogens with one attached hydrogen (secondary N) is 1. The molecule has 1 heterocycles. The van der Waals surface area contributed by atoms with Gasteiger partial charge in [-0.3, -0.25) is 9.59 Å². The molecule has 0 saturated heterocycles. The van der Waals surface area contributed by atoms with Crippen LogP contribution in [0.3, 0.4) is 0 Å². The van der Waals surface area contributed by atoms with Gasteiger partial charge in [0.1, 0.15) is 5.75 Å². The van der Waals surface area contributed by atoms with Gasteiger partial charge in [0.25, 0.3) is 11.5 Å². The third kappa shape index (κ3) is 5.29. The van der Waals surface area contributed by atoms with E-state index in [1.54, 1.807) is 6.07 Å². The van der Waals surface area contributed by atoms with E-state index in [-0.39, 0.29) is 31.2 Å². The van der Waals surface area contributed by atoms with Crippen LogP contribution in [0.15, 0.2) is 102 Å². The molecule has 0 saturated carbocycles. The zero-order valence-corrected chi connectivity index (χ0v) is 17.5. The average Bonchev–Trinajstić information content (AvgIpc) is 2.85. The second-order valence-electron chi connectivity index (χ2n) is 7.15. The molecule has 4 aromatic rings. The topological polar surface area (TPSA) is 73.2 Å². The van der Waals surface area contributed by atoms with Crippen molar-refractivity contribution in [1.29, 1.82) is 0 Å². The summed E-state index contributed by atoms with van der Waals surface area (Å²) >= 11 is 0. The summed E-state index contributed by atoms with van der Waals surface area (Å²) in [6, 6.07) is 30.3. The standard InChI is InChI=1S/C26H23N3O3/c30-25(19-32-24-14-8-7-13-22(24)20-9-3-1-4-10-20)27-17-18-29-26(31)16-15-23(28-29)21-11-5-2-6-12-21/h1-16H,17-19H2,(H,27,30). The largest absolute Gasteiger partial charge is 0.483 e. The maximum Gasteiger partial charge on any atom is 0.266 e. The van der Waals surface area contributed by atoms with Gasteiger partial charge in [0, 0.05) is 23.7 Å². The molecule has 32 heavy (non-hydrogen) atoms. The van der Waals surface area contributed by atoms with Gasteiger partial charge >= 0.3 is 0 Å². The van der Waals surface area contributed by atoms with Gasteiger partial charge in [0.2, 0.25) is 0 Å². The third-order valence-corrected chi connectivity index (χ3v) is 4.91. The van der Waals surface area contributed by atoms with Crippen molar-refractivity contribution in [2.45, 2.75) is 6.54 Å². The quantitative estimate of drug-likeness (QED) is 0.466. The van der Waals surface area contributed by atoms with Crippen molar-refractivity contribution in [3.05, 3.63) is 107 Å². The predicted molar refractivity (Wildman–Crippen MR) is 124 cm³/mol. The average molecular weight is 425 g/mol. The Hall–Kier alpha value is -4.19. The van der Waals surface area contributed by atoms with Gasteiger partial charge in [-0.1, -0.05) is 78.9 Å². The van der Waals surface area contributed by atoms with Crippen molar-refractivity contribution in [2.24, 2.45) is 0 Å². The molecule has 0 radical (unpaired) electrons. The highest BCUT2D eigenvalue weighted by Crippen LogP contribution is 2.29. The number of hydrogen-bond donors (Lipinski definition) is 1. The van der Waals surface area contributed by atoms with Gasteiger partial charge in [0.05, 0.1) is 12.2 Å². The fraction of sp³-hybridized carbons (Fsp3) is 0.115. The number of benzene rings is 3. The number of aromatic nitrogens is 2. The predicted octanol–water partition coefficient (Wildman–Crippen LogP) is 3.77. The summed E-state index contributed by atoms with van der Waals surface area (Å²) < 4.78 is 7.12. The van der Waals surface area contributed by atoms with Gasteiger partial charge in [-0.05, 0) is 17.7 Å². The fourth-order valence-electron chi connectivity index (χ4n) is 3.32. The van der Waals surface area contributed by atoms with Gasteiger partial charge in [0.15, 0.2) is 6.61 Å². The highest BCUT2D eigenvalue weighted by molar-refractivity contribution is 5.78. The molecule has 0 bridgehead atoms. The molecule has 6 heteroatoms. The minimum Gasteiger partial charge on any atom is -0.483 e. The molecule has 1 amide bonds. The normalized spacial score (nSPS) is 10.5. The number of rotatable bonds is 8. The van der Waals surface area contributed by atoms with E-state index in [9.17, 15) is 9.59 Å². The molecule has 3 aromatic carbocycles. The van der Waals surface area contributed by atoms with Crippen molar-refractivity contribution in [2.75, 3.05) is 13.2 Å². The third-order valence-electron chi connectivity index (χ3n) is 4.91. The first-order chi connectivity index (χ1) is 15.7. The van der Waals surface area contributed by atoms with Gasteiger partial charge in [-0.15, -0.1) is 0 Å². The van der Waals surface area contributed by atoms with Crippen molar-refractivity contribution in [3.63, 3.8) is 0 Å². The number of para-hydroxylation sites is 1. The molecule has 1 N–H and O–H groups in total. The Labute approximate surface area is 186 Å². The van der Waals surface area contributed by atoms with E-state index in [1.165, 1.54) is 10.7 Å². The lowest BCUT2D eigenvalue weighted by molar-refractivity contribution is -0.123. The van der Waals surface area contributed by atoms with Crippen LogP contribution < -0.4 is 15.6 Å². The van der Waals surface area contributed by atoms with E-state index in [2.05, 4.69) is 10.4 Å². The van der Waals surface area contributed by atoms with Crippen LogP contribution in [0, 0.1) is 0 Å². The van der Waals surface area contributed by atoms with Crippen LogP contribution in [-0.4, -0.2) is 28.8 Å². The number of ether oxygens (including phenoxy) is 1. The molecule has 0 unspecified atom stereocenters. The zero-order valence-electron chi connectivity index (χ0n) is 17.5. The number of amides is 1. The monoisotopic (exact) mass is 425 g/mol. The summed E-state index contributed by atoms with van der Waals surface area (Å²) in [5.74, 6) is 0.377. The molecule has 0 aliphatic heterocycles. The summed E-state index contributed by atoms with van der Waals surface area (Å²) in [6.07, 6.45) is 0. The molecule has 0 fully saturated rings. The molecule has 4 rings (SSSR count). The summed E-state index contributed by atoms with van der Waals surface area (Å²) in [5.41, 5.74) is 3.36. The van der Waals surface area contributed by atoms with Crippen LogP contribution in [0.2, 0.25) is 0 Å². The number of carbonyl (C=O) groups is 1. The molecule has 1 aromatic heterocycles. The minimum atomic E-state index is -0.264. The minimum absolute atomic E-state index is 0.115. The highest BCUT2D eigenvalue weighted by atomic mass is 16.5. The molecule has 0 aliphatic carbocycles. The maximum absolute atomic E-state index is 12.3. The van der Waals surface area contributed by atoms with Gasteiger partial charge < -0.3 is 10.1 Å². The van der Waals surface area contributed by atoms with Crippen LogP contribution in [0.5, 0.6) is 5.75 Å². The van der Waals surface area contributed by atoms with Crippen molar-refractivity contribution in [1.82, 2.24) is 15.1 Å². The number of nitrogens with zero attached hydrogens (tertiary/aromatic N) is 2. The number of carbonyl (C=O) groups excluding carboxylic acids is 1. The lowest BCUT2D eigenvalue weighted by Crippen LogP contribution is -2.34. The second kappa shape index (κ2) is 10.2. The first-order valence-corrected chi connectivity index (χ1v) is 10.4. The maximum atomic E-state index is 12.3. The van der Waals surface area contributed by atoms with E-state index in [1.807, 2.05) is 84.9 Å². The Morgan fingerprint density at radius 3 is 2.22 bits per heavy atom. The first-order valence-electron chi connectivity index (χ1n) is 10.4. The van der Waals surface area contributed by atoms with Crippen LogP contribution in [0.25, 0.3) is 22.4 Å². The lowest BCUT2D eigenvalue weighted by Gasteiger charge is -2.12. The molecule has 6 nitrogen and oxygen atoms in total. The molecule has 0 aliphatic rings. The second-order valence-corrected chi connectivity index (χ2v) is 7.15. The Kier molecular flexibility index (Phi) is 6.72. The zero-order chi connectivity index (χ0) is 22.2. The van der Waals surface area contributed by atoms with Crippen LogP contribution >= 0.6 is 0 Å². The van der Waals surface area contributed by atoms with E-state index >= 15 is 0 Å². The number of hydrogen-bond acceptors (Lipinski definition) is 4. The van der Waals surface area contributed by atoms with E-state index in [0.717, 1.165) is 16.7 Å². The molecule has 160 valence electrons. The van der Waals surface area contributed by atoms with E-state index in [4.69, 9.17) is 4.74 Å². The van der Waals surface area contributed by atoms with Crippen LogP contribution in [0.4, 0.5) is 0 Å². The van der Waals surface area contributed by atoms with Crippen LogP contribution in [0.1, 0.15) is 0 Å². The van der Waals surface area contributed by atoms with Gasteiger partial charge in [-0.25, -0.2) is 4.68 Å². The Balaban J connectivity index is 1.33. The first kappa shape index (κ1) is 21.1. The van der Waals surface area contributed by atoms with E-state index < -0.39 is 0 Å². The summed E-state index contributed by atoms with van der Waals surface area (Å²) in [5, 5.41) is 7.18. The highest BCUT2D eigenvalue weighted by Gasteiger charge is 2.09. The Bertz CT molecular complexity index is 1240. The van der Waals surface area contributed by atoms with E-state index in [0.29, 0.717) is 11.4 Å². The molecule has 0 spiro atoms. The van der Waals surface area contributed by atoms with Crippen LogP contribution in [-0.2, 0) is 11.3 Å². The van der Waals surface area contributed by atoms with Crippen molar-refractivity contribution in [3.8, 4) is 28.1 Å². The van der Waals surface area contributed by atoms with Gasteiger partial charge in [-0.2, -0.15) is 5.10 Å². The SMILES string of the molecule is O=C(COc1ccccc1-c1ccccc1)NCCn1nc(-c2ccccc2)ccc1=O. The lowest BCUT2D eigenvalue weighted by atomic mass is 10.1. The molecule has 0 atom stereocenters. The summed E-state index contributed by atoms with van der Waals surface area (Å²) in [7, 11) is 0. The Morgan fingerprint density at radius 2 is 1.47 bits per heavy atom.